The molecule has 0 radical (unpaired) electrons. The number of carbonyl (C=O) groups excluding carboxylic acids is 1. The predicted octanol–water partition coefficient (Wildman–Crippen LogP) is 6.28. The Morgan fingerprint density at radius 3 is 2.17 bits per heavy atom. The third kappa shape index (κ3) is 7.35. The topological polar surface area (TPSA) is 123 Å². The maximum absolute atomic E-state index is 13.2. The number of phenols is 1. The summed E-state index contributed by atoms with van der Waals surface area (Å²) < 4.78 is 44.8. The summed E-state index contributed by atoms with van der Waals surface area (Å²) in [4.78, 5) is 13.0. The van der Waals surface area contributed by atoms with E-state index in [0.717, 1.165) is 5.56 Å². The lowest BCUT2D eigenvalue weighted by molar-refractivity contribution is 0.0955. The third-order valence-electron chi connectivity index (χ3n) is 5.91. The second-order valence-corrected chi connectivity index (χ2v) is 11.2. The number of methoxy groups -OCH3 is 2. The van der Waals surface area contributed by atoms with Crippen LogP contribution < -0.4 is 24.2 Å². The molecule has 4 aromatic rings. The van der Waals surface area contributed by atoms with Crippen LogP contribution in [0.3, 0.4) is 0 Å². The lowest BCUT2D eigenvalue weighted by Crippen LogP contribution is -2.27. The van der Waals surface area contributed by atoms with Crippen LogP contribution in [0, 0.1) is 0 Å². The van der Waals surface area contributed by atoms with Crippen LogP contribution in [0.4, 0.5) is 5.69 Å². The number of ether oxygens (including phenoxy) is 3. The van der Waals surface area contributed by atoms with Gasteiger partial charge in [-0.15, -0.1) is 0 Å². The highest BCUT2D eigenvalue weighted by Crippen LogP contribution is 2.37. The van der Waals surface area contributed by atoms with Gasteiger partial charge in [-0.3, -0.25) is 9.52 Å². The van der Waals surface area contributed by atoms with Gasteiger partial charge in [0.25, 0.3) is 15.9 Å². The first-order chi connectivity index (χ1) is 19.6. The van der Waals surface area contributed by atoms with Gasteiger partial charge in [0, 0.05) is 11.6 Å². The van der Waals surface area contributed by atoms with E-state index in [-0.39, 0.29) is 45.0 Å². The van der Waals surface area contributed by atoms with Crippen LogP contribution in [0.2, 0.25) is 10.0 Å². The van der Waals surface area contributed by atoms with E-state index in [9.17, 15) is 18.3 Å². The van der Waals surface area contributed by atoms with Gasteiger partial charge in [0.05, 0.1) is 35.4 Å². The van der Waals surface area contributed by atoms with Crippen LogP contribution in [0.25, 0.3) is 0 Å². The molecule has 0 saturated carbocycles. The van der Waals surface area contributed by atoms with Gasteiger partial charge in [0.15, 0.2) is 11.5 Å². The standard InChI is InChI=1S/C29H26Cl2N2O7S/c1-38-26-15-18(16-27(39-2)28(26)34)13-14-32-29(35)22-17-19(30)7-12-24(22)33-41(36,37)21-10-8-20(9-11-21)40-25-6-4-3-5-23(25)31/h3-12,15-17,33-34H,13-14H2,1-2H3,(H,32,35). The van der Waals surface area contributed by atoms with E-state index >= 15 is 0 Å². The third-order valence-corrected chi connectivity index (χ3v) is 7.84. The first-order valence-electron chi connectivity index (χ1n) is 12.2. The minimum absolute atomic E-state index is 0.0412. The van der Waals surface area contributed by atoms with E-state index in [1.165, 1.54) is 56.7 Å². The van der Waals surface area contributed by atoms with Crippen molar-refractivity contribution in [3.8, 4) is 28.7 Å². The van der Waals surface area contributed by atoms with E-state index < -0.39 is 15.9 Å². The lowest BCUT2D eigenvalue weighted by atomic mass is 10.1. The number of sulfonamides is 1. The van der Waals surface area contributed by atoms with Crippen LogP contribution in [-0.4, -0.2) is 40.2 Å². The molecule has 0 heterocycles. The number of aromatic hydroxyl groups is 1. The van der Waals surface area contributed by atoms with Gasteiger partial charge in [0.2, 0.25) is 5.75 Å². The number of hydrogen-bond donors (Lipinski definition) is 3. The molecular weight excluding hydrogens is 591 g/mol. The van der Waals surface area contributed by atoms with Crippen molar-refractivity contribution in [3.05, 3.63) is 100 Å². The van der Waals surface area contributed by atoms with Gasteiger partial charge in [0.1, 0.15) is 11.5 Å². The Bertz CT molecular complexity index is 1640. The van der Waals surface area contributed by atoms with Gasteiger partial charge in [-0.2, -0.15) is 0 Å². The summed E-state index contributed by atoms with van der Waals surface area (Å²) >= 11 is 12.2. The molecule has 0 atom stereocenters. The minimum Gasteiger partial charge on any atom is -0.502 e. The Morgan fingerprint density at radius 2 is 1.54 bits per heavy atom. The molecule has 4 aromatic carbocycles. The van der Waals surface area contributed by atoms with E-state index in [1.807, 2.05) is 0 Å². The van der Waals surface area contributed by atoms with Gasteiger partial charge >= 0.3 is 0 Å². The summed E-state index contributed by atoms with van der Waals surface area (Å²) in [5.41, 5.74) is 0.836. The quantitative estimate of drug-likeness (QED) is 0.181. The van der Waals surface area contributed by atoms with Crippen molar-refractivity contribution >= 4 is 44.8 Å². The highest BCUT2D eigenvalue weighted by molar-refractivity contribution is 7.92. The van der Waals surface area contributed by atoms with Gasteiger partial charge < -0.3 is 24.6 Å². The predicted molar refractivity (Wildman–Crippen MR) is 157 cm³/mol. The Hall–Kier alpha value is -4.12. The molecule has 0 bridgehead atoms. The van der Waals surface area contributed by atoms with E-state index in [4.69, 9.17) is 37.4 Å². The summed E-state index contributed by atoms with van der Waals surface area (Å²) in [5, 5.41) is 13.5. The summed E-state index contributed by atoms with van der Waals surface area (Å²) in [7, 11) is -1.23. The number of carbonyl (C=O) groups is 1. The number of halogens is 2. The maximum Gasteiger partial charge on any atom is 0.261 e. The van der Waals surface area contributed by atoms with Crippen LogP contribution in [-0.2, 0) is 16.4 Å². The molecule has 41 heavy (non-hydrogen) atoms. The molecule has 9 nitrogen and oxygen atoms in total. The Labute approximate surface area is 247 Å². The van der Waals surface area contributed by atoms with Crippen LogP contribution in [0.1, 0.15) is 15.9 Å². The first-order valence-corrected chi connectivity index (χ1v) is 14.4. The number of amides is 1. The number of benzene rings is 4. The van der Waals surface area contributed by atoms with Crippen LogP contribution >= 0.6 is 23.2 Å². The molecule has 3 N–H and O–H groups in total. The monoisotopic (exact) mass is 616 g/mol. The summed E-state index contributed by atoms with van der Waals surface area (Å²) in [6.07, 6.45) is 0.378. The fourth-order valence-corrected chi connectivity index (χ4v) is 5.27. The van der Waals surface area contributed by atoms with Crippen molar-refractivity contribution in [2.24, 2.45) is 0 Å². The molecule has 12 heteroatoms. The second kappa shape index (κ2) is 13.0. The van der Waals surface area contributed by atoms with Gasteiger partial charge in [-0.25, -0.2) is 8.42 Å². The van der Waals surface area contributed by atoms with E-state index in [0.29, 0.717) is 22.9 Å². The molecule has 0 spiro atoms. The average Bonchev–Trinajstić information content (AvgIpc) is 2.96. The van der Waals surface area contributed by atoms with Gasteiger partial charge in [-0.1, -0.05) is 35.3 Å². The highest BCUT2D eigenvalue weighted by atomic mass is 35.5. The van der Waals surface area contributed by atoms with Crippen molar-refractivity contribution in [2.45, 2.75) is 11.3 Å². The molecular formula is C29H26Cl2N2O7S. The van der Waals surface area contributed by atoms with Crippen molar-refractivity contribution < 1.29 is 32.5 Å². The number of para-hydroxylation sites is 1. The molecule has 0 aliphatic carbocycles. The number of rotatable bonds is 11. The fourth-order valence-electron chi connectivity index (χ4n) is 3.85. The van der Waals surface area contributed by atoms with Crippen LogP contribution in [0.15, 0.2) is 83.8 Å². The number of nitrogens with one attached hydrogen (secondary N) is 2. The largest absolute Gasteiger partial charge is 0.502 e. The zero-order chi connectivity index (χ0) is 29.6. The highest BCUT2D eigenvalue weighted by Gasteiger charge is 2.20. The fraction of sp³-hybridized carbons (Fsp3) is 0.138. The van der Waals surface area contributed by atoms with E-state index in [2.05, 4.69) is 10.0 Å². The molecule has 0 unspecified atom stereocenters. The minimum atomic E-state index is -4.07. The smallest absolute Gasteiger partial charge is 0.261 e. The van der Waals surface area contributed by atoms with Gasteiger partial charge in [-0.05, 0) is 78.7 Å². The molecule has 0 aromatic heterocycles. The zero-order valence-electron chi connectivity index (χ0n) is 22.0. The maximum atomic E-state index is 13.2. The molecule has 214 valence electrons. The first kappa shape index (κ1) is 29.9. The number of hydrogen-bond acceptors (Lipinski definition) is 7. The molecule has 0 aliphatic rings. The number of anilines is 1. The Balaban J connectivity index is 1.46. The Kier molecular flexibility index (Phi) is 9.49. The summed E-state index contributed by atoms with van der Waals surface area (Å²) in [5.74, 6) is 0.644. The molecule has 0 aliphatic heterocycles. The molecule has 4 rings (SSSR count). The molecule has 0 fully saturated rings. The van der Waals surface area contributed by atoms with Crippen molar-refractivity contribution in [1.29, 1.82) is 0 Å². The summed E-state index contributed by atoms with van der Waals surface area (Å²) in [6.45, 7) is 0.196. The number of phenolic OH excluding ortho intramolecular Hbond substituents is 1. The molecule has 1 amide bonds. The second-order valence-electron chi connectivity index (χ2n) is 8.65. The summed E-state index contributed by atoms with van der Waals surface area (Å²) in [6, 6.07) is 20.2. The average molecular weight is 618 g/mol. The van der Waals surface area contributed by atoms with Crippen LogP contribution in [0.5, 0.6) is 28.7 Å². The zero-order valence-corrected chi connectivity index (χ0v) is 24.3. The Morgan fingerprint density at radius 1 is 0.878 bits per heavy atom. The van der Waals surface area contributed by atoms with E-state index in [1.54, 1.807) is 36.4 Å². The van der Waals surface area contributed by atoms with Crippen molar-refractivity contribution in [2.75, 3.05) is 25.5 Å². The lowest BCUT2D eigenvalue weighted by Gasteiger charge is -2.14. The van der Waals surface area contributed by atoms with Crippen molar-refractivity contribution in [1.82, 2.24) is 5.32 Å². The van der Waals surface area contributed by atoms with Crippen molar-refractivity contribution in [3.63, 3.8) is 0 Å². The SMILES string of the molecule is COc1cc(CCNC(=O)c2cc(Cl)ccc2NS(=O)(=O)c2ccc(Oc3ccccc3Cl)cc2)cc(OC)c1O. The normalized spacial score (nSPS) is 11.0. The molecule has 0 saturated heterocycles.